The molecule has 2 aromatic rings. The van der Waals surface area contributed by atoms with Gasteiger partial charge in [-0.3, -0.25) is 9.59 Å². The number of anilines is 2. The highest BCUT2D eigenvalue weighted by Gasteiger charge is 2.39. The molecule has 0 saturated heterocycles. The molecule has 0 aliphatic carbocycles. The van der Waals surface area contributed by atoms with E-state index in [0.29, 0.717) is 5.69 Å². The molecule has 0 radical (unpaired) electrons. The Morgan fingerprint density at radius 3 is 2.31 bits per heavy atom. The zero-order chi connectivity index (χ0) is 21.3. The number of esters is 1. The molecule has 0 spiro atoms. The SMILES string of the molecule is Cc1cc(C)cc(NC2=C(Cl)C(=O)N(c3cccc(C(=O)OC(C)C)c3)C2=O)c1. The monoisotopic (exact) mass is 412 g/mol. The summed E-state index contributed by atoms with van der Waals surface area (Å²) in [5, 5.41) is 2.76. The lowest BCUT2D eigenvalue weighted by Gasteiger charge is -2.16. The first kappa shape index (κ1) is 20.6. The van der Waals surface area contributed by atoms with Crippen molar-refractivity contribution in [2.24, 2.45) is 0 Å². The first-order valence-corrected chi connectivity index (χ1v) is 9.50. The molecule has 3 rings (SSSR count). The maximum absolute atomic E-state index is 12.9. The lowest BCUT2D eigenvalue weighted by molar-refractivity contribution is -0.120. The number of hydrogen-bond donors (Lipinski definition) is 1. The Morgan fingerprint density at radius 2 is 1.69 bits per heavy atom. The van der Waals surface area contributed by atoms with E-state index in [4.69, 9.17) is 16.3 Å². The summed E-state index contributed by atoms with van der Waals surface area (Å²) in [6.07, 6.45) is -0.286. The van der Waals surface area contributed by atoms with Gasteiger partial charge in [-0.25, -0.2) is 9.69 Å². The Morgan fingerprint density at radius 1 is 1.03 bits per heavy atom. The van der Waals surface area contributed by atoms with Crippen LogP contribution in [0.4, 0.5) is 11.4 Å². The van der Waals surface area contributed by atoms with Crippen molar-refractivity contribution in [3.63, 3.8) is 0 Å². The van der Waals surface area contributed by atoms with Gasteiger partial charge in [0.1, 0.15) is 10.7 Å². The molecule has 29 heavy (non-hydrogen) atoms. The van der Waals surface area contributed by atoms with E-state index in [0.717, 1.165) is 16.0 Å². The minimum atomic E-state index is -0.655. The number of imide groups is 1. The fourth-order valence-corrected chi connectivity index (χ4v) is 3.30. The summed E-state index contributed by atoms with van der Waals surface area (Å²) >= 11 is 6.18. The van der Waals surface area contributed by atoms with Gasteiger partial charge in [0.05, 0.1) is 17.4 Å². The first-order valence-electron chi connectivity index (χ1n) is 9.12. The first-order chi connectivity index (χ1) is 13.7. The average molecular weight is 413 g/mol. The van der Waals surface area contributed by atoms with Gasteiger partial charge in [0.15, 0.2) is 0 Å². The Labute approximate surface area is 174 Å². The minimum absolute atomic E-state index is 0.00294. The van der Waals surface area contributed by atoms with Crippen LogP contribution in [0.15, 0.2) is 53.2 Å². The Hall–Kier alpha value is -3.12. The van der Waals surface area contributed by atoms with Crippen molar-refractivity contribution in [3.05, 3.63) is 69.9 Å². The number of nitrogens with one attached hydrogen (secondary N) is 1. The van der Waals surface area contributed by atoms with Crippen molar-refractivity contribution in [1.29, 1.82) is 0 Å². The molecule has 2 amide bonds. The predicted molar refractivity (Wildman–Crippen MR) is 112 cm³/mol. The summed E-state index contributed by atoms with van der Waals surface area (Å²) in [5.74, 6) is -1.78. The van der Waals surface area contributed by atoms with Crippen LogP contribution in [-0.4, -0.2) is 23.9 Å². The van der Waals surface area contributed by atoms with Crippen molar-refractivity contribution < 1.29 is 19.1 Å². The van der Waals surface area contributed by atoms with Crippen LogP contribution in [0.25, 0.3) is 0 Å². The standard InChI is InChI=1S/C22H21ClN2O4/c1-12(2)29-22(28)15-6-5-7-17(11-15)25-20(26)18(23)19(21(25)27)24-16-9-13(3)8-14(4)10-16/h5-12,24H,1-4H3. The second-order valence-corrected chi connectivity index (χ2v) is 7.52. The molecule has 7 heteroatoms. The van der Waals surface area contributed by atoms with E-state index >= 15 is 0 Å². The summed E-state index contributed by atoms with van der Waals surface area (Å²) in [6.45, 7) is 7.35. The Bertz CT molecular complexity index is 1020. The molecule has 150 valence electrons. The molecule has 1 N–H and O–H groups in total. The third-order valence-corrected chi connectivity index (χ3v) is 4.55. The Balaban J connectivity index is 1.89. The van der Waals surface area contributed by atoms with Gasteiger partial charge in [0, 0.05) is 5.69 Å². The van der Waals surface area contributed by atoms with Crippen molar-refractivity contribution in [3.8, 4) is 0 Å². The summed E-state index contributed by atoms with van der Waals surface area (Å²) in [4.78, 5) is 38.7. The van der Waals surface area contributed by atoms with Gasteiger partial charge in [-0.1, -0.05) is 23.7 Å². The van der Waals surface area contributed by atoms with Gasteiger partial charge in [-0.15, -0.1) is 0 Å². The number of rotatable bonds is 5. The van der Waals surface area contributed by atoms with E-state index in [1.54, 1.807) is 32.0 Å². The van der Waals surface area contributed by atoms with Gasteiger partial charge in [0.2, 0.25) is 0 Å². The second-order valence-electron chi connectivity index (χ2n) is 7.14. The number of amides is 2. The number of aryl methyl sites for hydroxylation is 2. The highest BCUT2D eigenvalue weighted by atomic mass is 35.5. The summed E-state index contributed by atoms with van der Waals surface area (Å²) in [6, 6.07) is 11.8. The number of carbonyl (C=O) groups excluding carboxylic acids is 3. The molecule has 1 heterocycles. The molecule has 0 fully saturated rings. The van der Waals surface area contributed by atoms with E-state index in [9.17, 15) is 14.4 Å². The number of halogens is 1. The van der Waals surface area contributed by atoms with Gasteiger partial charge < -0.3 is 10.1 Å². The largest absolute Gasteiger partial charge is 0.459 e. The highest BCUT2D eigenvalue weighted by Crippen LogP contribution is 2.31. The summed E-state index contributed by atoms with van der Waals surface area (Å²) < 4.78 is 5.18. The molecule has 0 saturated carbocycles. The molecular weight excluding hydrogens is 392 g/mol. The number of carbonyl (C=O) groups is 3. The minimum Gasteiger partial charge on any atom is -0.459 e. The number of hydrogen-bond acceptors (Lipinski definition) is 5. The highest BCUT2D eigenvalue weighted by molar-refractivity contribution is 6.53. The van der Waals surface area contributed by atoms with Gasteiger partial charge in [0.25, 0.3) is 11.8 Å². The molecule has 1 aliphatic rings. The predicted octanol–water partition coefficient (Wildman–Crippen LogP) is 4.30. The van der Waals surface area contributed by atoms with E-state index in [1.807, 2.05) is 32.0 Å². The van der Waals surface area contributed by atoms with E-state index in [-0.39, 0.29) is 28.1 Å². The van der Waals surface area contributed by atoms with Crippen LogP contribution in [0.2, 0.25) is 0 Å². The van der Waals surface area contributed by atoms with E-state index in [1.165, 1.54) is 6.07 Å². The normalized spacial score (nSPS) is 14.1. The van der Waals surface area contributed by atoms with Crippen LogP contribution in [0.3, 0.4) is 0 Å². The third kappa shape index (κ3) is 4.32. The summed E-state index contributed by atoms with van der Waals surface area (Å²) in [5.41, 5.74) is 3.16. The second kappa shape index (κ2) is 8.09. The molecule has 0 unspecified atom stereocenters. The van der Waals surface area contributed by atoms with Crippen LogP contribution < -0.4 is 10.2 Å². The van der Waals surface area contributed by atoms with Gasteiger partial charge in [-0.05, 0) is 69.2 Å². The van der Waals surface area contributed by atoms with Gasteiger partial charge >= 0.3 is 5.97 Å². The maximum Gasteiger partial charge on any atom is 0.338 e. The maximum atomic E-state index is 12.9. The van der Waals surface area contributed by atoms with Crippen molar-refractivity contribution in [1.82, 2.24) is 0 Å². The molecule has 0 atom stereocenters. The van der Waals surface area contributed by atoms with Crippen LogP contribution in [0, 0.1) is 13.8 Å². The lowest BCUT2D eigenvalue weighted by Crippen LogP contribution is -2.32. The zero-order valence-corrected chi connectivity index (χ0v) is 17.3. The molecular formula is C22H21ClN2O4. The van der Waals surface area contributed by atoms with Crippen LogP contribution in [-0.2, 0) is 14.3 Å². The number of ether oxygens (including phenoxy) is 1. The number of nitrogens with zero attached hydrogens (tertiary/aromatic N) is 1. The van der Waals surface area contributed by atoms with Crippen molar-refractivity contribution in [2.75, 3.05) is 10.2 Å². The van der Waals surface area contributed by atoms with Crippen molar-refractivity contribution >= 4 is 40.8 Å². The molecule has 1 aliphatic heterocycles. The van der Waals surface area contributed by atoms with Crippen LogP contribution >= 0.6 is 11.6 Å². The molecule has 0 aromatic heterocycles. The van der Waals surface area contributed by atoms with Gasteiger partial charge in [-0.2, -0.15) is 0 Å². The smallest absolute Gasteiger partial charge is 0.338 e. The van der Waals surface area contributed by atoms with Crippen LogP contribution in [0.5, 0.6) is 0 Å². The molecule has 0 bridgehead atoms. The summed E-state index contributed by atoms with van der Waals surface area (Å²) in [7, 11) is 0. The molecule has 6 nitrogen and oxygen atoms in total. The van der Waals surface area contributed by atoms with E-state index in [2.05, 4.69) is 5.32 Å². The average Bonchev–Trinajstić information content (AvgIpc) is 2.84. The van der Waals surface area contributed by atoms with E-state index < -0.39 is 17.8 Å². The molecule has 2 aromatic carbocycles. The Kier molecular flexibility index (Phi) is 5.75. The zero-order valence-electron chi connectivity index (χ0n) is 16.6. The third-order valence-electron chi connectivity index (χ3n) is 4.20. The fraction of sp³-hybridized carbons (Fsp3) is 0.227. The number of benzene rings is 2. The lowest BCUT2D eigenvalue weighted by atomic mass is 10.1. The van der Waals surface area contributed by atoms with Crippen LogP contribution in [0.1, 0.15) is 35.3 Å². The van der Waals surface area contributed by atoms with Crippen molar-refractivity contribution in [2.45, 2.75) is 33.8 Å². The quantitative estimate of drug-likeness (QED) is 0.585. The fourth-order valence-electron chi connectivity index (χ4n) is 3.09. The topological polar surface area (TPSA) is 75.7 Å².